The van der Waals surface area contributed by atoms with Gasteiger partial charge in [0.05, 0.1) is 11.6 Å². The van der Waals surface area contributed by atoms with Crippen LogP contribution in [0, 0.1) is 17.7 Å². The molecule has 9 nitrogen and oxygen atoms in total. The second-order valence-electron chi connectivity index (χ2n) is 8.38. The minimum atomic E-state index is -2.70. The van der Waals surface area contributed by atoms with E-state index in [-0.39, 0.29) is 29.5 Å². The minimum absolute atomic E-state index is 0.0295. The molecule has 0 aromatic heterocycles. The Kier molecular flexibility index (Phi) is 4.49. The fourth-order valence-electron chi connectivity index (χ4n) is 5.21. The molecule has 0 aliphatic heterocycles. The SMILES string of the molecule is CN(C)[C@@H]1C(O)=C(C(N)=O)C(=O)[C@@]2(O)C(O)=C3C(=O)c4c(O)ccc(F)c4C[C@H]3C[C@@H]12. The Bertz CT molecular complexity index is 1120. The van der Waals surface area contributed by atoms with Crippen LogP contribution in [0.2, 0.25) is 0 Å². The van der Waals surface area contributed by atoms with Crippen molar-refractivity contribution in [3.8, 4) is 5.75 Å². The van der Waals surface area contributed by atoms with E-state index < -0.39 is 69.6 Å². The molecular weight excluding hydrogens is 411 g/mol. The third kappa shape index (κ3) is 2.58. The second kappa shape index (κ2) is 6.63. The molecule has 4 rings (SSSR count). The Balaban J connectivity index is 1.98. The van der Waals surface area contributed by atoms with Gasteiger partial charge in [0.1, 0.15) is 28.7 Å². The van der Waals surface area contributed by atoms with Crippen molar-refractivity contribution in [1.82, 2.24) is 4.90 Å². The normalized spacial score (nSPS) is 30.3. The Labute approximate surface area is 175 Å². The number of likely N-dealkylation sites (N-methyl/N-ethyl adjacent to an activating group) is 1. The lowest BCUT2D eigenvalue weighted by Crippen LogP contribution is -2.63. The van der Waals surface area contributed by atoms with Crippen molar-refractivity contribution in [3.05, 3.63) is 51.7 Å². The summed E-state index contributed by atoms with van der Waals surface area (Å²) in [6.45, 7) is 0. The predicted octanol–water partition coefficient (Wildman–Crippen LogP) is 0.260. The summed E-state index contributed by atoms with van der Waals surface area (Å²) in [6.07, 6.45) is -0.157. The Morgan fingerprint density at radius 1 is 1.23 bits per heavy atom. The Hall–Kier alpha value is -3.24. The number of phenolic OH excluding ortho intramolecular Hbond substituents is 1. The van der Waals surface area contributed by atoms with Crippen LogP contribution in [0.5, 0.6) is 5.75 Å². The number of phenols is 1. The molecule has 0 radical (unpaired) electrons. The van der Waals surface area contributed by atoms with E-state index in [1.807, 2.05) is 0 Å². The summed E-state index contributed by atoms with van der Waals surface area (Å²) in [6, 6.07) is 0.944. The Morgan fingerprint density at radius 2 is 1.87 bits per heavy atom. The number of hydrogen-bond acceptors (Lipinski definition) is 8. The minimum Gasteiger partial charge on any atom is -0.510 e. The van der Waals surface area contributed by atoms with Gasteiger partial charge in [0.15, 0.2) is 11.4 Å². The summed E-state index contributed by atoms with van der Waals surface area (Å²) in [5, 5.41) is 43.1. The number of rotatable bonds is 2. The van der Waals surface area contributed by atoms with Gasteiger partial charge < -0.3 is 26.2 Å². The molecule has 0 saturated carbocycles. The molecule has 1 aromatic carbocycles. The van der Waals surface area contributed by atoms with Crippen LogP contribution in [0.25, 0.3) is 0 Å². The molecule has 0 spiro atoms. The highest BCUT2D eigenvalue weighted by Gasteiger charge is 2.63. The first-order valence-electron chi connectivity index (χ1n) is 9.58. The number of aliphatic hydroxyl groups excluding tert-OH is 2. The lowest BCUT2D eigenvalue weighted by Gasteiger charge is -2.50. The number of aromatic hydroxyl groups is 1. The lowest BCUT2D eigenvalue weighted by atomic mass is 9.58. The first-order chi connectivity index (χ1) is 14.4. The van der Waals surface area contributed by atoms with E-state index in [2.05, 4.69) is 0 Å². The maximum absolute atomic E-state index is 14.4. The van der Waals surface area contributed by atoms with Crippen molar-refractivity contribution < 1.29 is 39.2 Å². The molecular formula is C21H21FN2O7. The van der Waals surface area contributed by atoms with E-state index in [0.29, 0.717) is 0 Å². The zero-order chi connectivity index (χ0) is 23.0. The maximum Gasteiger partial charge on any atom is 0.255 e. The van der Waals surface area contributed by atoms with Crippen molar-refractivity contribution in [2.75, 3.05) is 14.1 Å². The number of nitrogens with zero attached hydrogens (tertiary/aromatic N) is 1. The summed E-state index contributed by atoms with van der Waals surface area (Å²) in [5.41, 5.74) is 0.981. The maximum atomic E-state index is 14.4. The van der Waals surface area contributed by atoms with E-state index in [9.17, 15) is 39.2 Å². The number of halogens is 1. The molecule has 6 N–H and O–H groups in total. The van der Waals surface area contributed by atoms with E-state index in [0.717, 1.165) is 12.1 Å². The molecule has 31 heavy (non-hydrogen) atoms. The quantitative estimate of drug-likeness (QED) is 0.416. The topological polar surface area (TPSA) is 161 Å². The summed E-state index contributed by atoms with van der Waals surface area (Å²) >= 11 is 0. The van der Waals surface area contributed by atoms with Crippen molar-refractivity contribution in [2.24, 2.45) is 17.6 Å². The van der Waals surface area contributed by atoms with Crippen LogP contribution < -0.4 is 5.73 Å². The highest BCUT2D eigenvalue weighted by atomic mass is 19.1. The summed E-state index contributed by atoms with van der Waals surface area (Å²) in [7, 11) is 3.07. The average Bonchev–Trinajstić information content (AvgIpc) is 2.67. The molecule has 0 saturated heterocycles. The number of fused-ring (bicyclic) bond motifs is 3. The van der Waals surface area contributed by atoms with Gasteiger partial charge >= 0.3 is 0 Å². The zero-order valence-electron chi connectivity index (χ0n) is 16.7. The summed E-state index contributed by atoms with van der Waals surface area (Å²) in [5.74, 6) is -8.28. The van der Waals surface area contributed by atoms with Gasteiger partial charge in [0, 0.05) is 17.1 Å². The second-order valence-corrected chi connectivity index (χ2v) is 8.38. The number of carbonyl (C=O) groups is 3. The molecule has 1 aromatic rings. The number of allylic oxidation sites excluding steroid dienone is 1. The third-order valence-corrected chi connectivity index (χ3v) is 6.55. The van der Waals surface area contributed by atoms with Gasteiger partial charge in [0.2, 0.25) is 5.78 Å². The first-order valence-corrected chi connectivity index (χ1v) is 9.58. The van der Waals surface area contributed by atoms with Crippen molar-refractivity contribution >= 4 is 17.5 Å². The highest BCUT2D eigenvalue weighted by Crippen LogP contribution is 2.52. The van der Waals surface area contributed by atoms with Gasteiger partial charge in [-0.1, -0.05) is 0 Å². The third-order valence-electron chi connectivity index (χ3n) is 6.55. The van der Waals surface area contributed by atoms with E-state index in [1.165, 1.54) is 19.0 Å². The van der Waals surface area contributed by atoms with Crippen LogP contribution in [-0.4, -0.2) is 68.5 Å². The molecule has 0 fully saturated rings. The predicted molar refractivity (Wildman–Crippen MR) is 104 cm³/mol. The van der Waals surface area contributed by atoms with Crippen LogP contribution in [-0.2, 0) is 16.0 Å². The number of hydrogen-bond donors (Lipinski definition) is 5. The number of aliphatic hydroxyl groups is 3. The van der Waals surface area contributed by atoms with E-state index in [1.54, 1.807) is 0 Å². The number of benzene rings is 1. The van der Waals surface area contributed by atoms with Crippen LogP contribution in [0.1, 0.15) is 22.3 Å². The molecule has 3 aliphatic carbocycles. The molecule has 3 aliphatic rings. The van der Waals surface area contributed by atoms with Gasteiger partial charge in [-0.05, 0) is 45.0 Å². The monoisotopic (exact) mass is 432 g/mol. The van der Waals surface area contributed by atoms with Crippen LogP contribution in [0.15, 0.2) is 34.8 Å². The van der Waals surface area contributed by atoms with E-state index >= 15 is 0 Å². The Morgan fingerprint density at radius 3 is 2.45 bits per heavy atom. The van der Waals surface area contributed by atoms with Gasteiger partial charge in [-0.25, -0.2) is 4.39 Å². The number of ketones is 2. The van der Waals surface area contributed by atoms with Crippen molar-refractivity contribution in [2.45, 2.75) is 24.5 Å². The molecule has 1 amide bonds. The van der Waals surface area contributed by atoms with Crippen molar-refractivity contribution in [1.29, 1.82) is 0 Å². The first kappa shape index (κ1) is 21.0. The van der Waals surface area contributed by atoms with Crippen LogP contribution in [0.4, 0.5) is 4.39 Å². The van der Waals surface area contributed by atoms with Crippen LogP contribution >= 0.6 is 0 Å². The molecule has 0 heterocycles. The largest absolute Gasteiger partial charge is 0.510 e. The summed E-state index contributed by atoms with van der Waals surface area (Å²) in [4.78, 5) is 39.5. The molecule has 4 atom stereocenters. The fourth-order valence-corrected chi connectivity index (χ4v) is 5.21. The lowest BCUT2D eigenvalue weighted by molar-refractivity contribution is -0.148. The summed E-state index contributed by atoms with van der Waals surface area (Å²) < 4.78 is 14.4. The van der Waals surface area contributed by atoms with Crippen molar-refractivity contribution in [3.63, 3.8) is 0 Å². The molecule has 0 unspecified atom stereocenters. The molecule has 10 heteroatoms. The van der Waals surface area contributed by atoms with Gasteiger partial charge in [0.25, 0.3) is 5.91 Å². The number of amides is 1. The zero-order valence-corrected chi connectivity index (χ0v) is 16.7. The number of primary amides is 1. The molecule has 164 valence electrons. The van der Waals surface area contributed by atoms with Gasteiger partial charge in [-0.15, -0.1) is 0 Å². The fraction of sp³-hybridized carbons (Fsp3) is 0.381. The van der Waals surface area contributed by atoms with Gasteiger partial charge in [-0.2, -0.15) is 0 Å². The standard InChI is InChI=1S/C21H21FN2O7/c1-24(2)15-9-6-7-5-8-10(22)3-4-11(25)13(8)16(26)12(7)18(28)21(9,31)19(29)14(17(15)27)20(23)30/h3-4,7,9,15,25,27-28,31H,5-6H2,1-2H3,(H2,23,30)/t7-,9-,15-,21-/m0/s1. The number of Topliss-reactive ketones (excluding diaryl/α,β-unsaturated/α-hetero) is 2. The molecule has 0 bridgehead atoms. The highest BCUT2D eigenvalue weighted by molar-refractivity contribution is 6.24. The van der Waals surface area contributed by atoms with Crippen LogP contribution in [0.3, 0.4) is 0 Å². The smallest absolute Gasteiger partial charge is 0.255 e. The van der Waals surface area contributed by atoms with Gasteiger partial charge in [-0.3, -0.25) is 19.3 Å². The van der Waals surface area contributed by atoms with E-state index in [4.69, 9.17) is 5.73 Å². The average molecular weight is 432 g/mol. The number of nitrogens with two attached hydrogens (primary N) is 1. The number of carbonyl (C=O) groups excluding carboxylic acids is 3.